The van der Waals surface area contributed by atoms with Gasteiger partial charge in [-0.15, -0.1) is 0 Å². The van der Waals surface area contributed by atoms with Gasteiger partial charge in [-0.25, -0.2) is 4.79 Å². The van der Waals surface area contributed by atoms with Crippen LogP contribution in [-0.2, 0) is 42.7 Å². The van der Waals surface area contributed by atoms with Gasteiger partial charge in [0.1, 0.15) is 0 Å². The average molecular weight is 475 g/mol. The maximum absolute atomic E-state index is 13.0. The largest absolute Gasteiger partial charge is 2.00 e. The zero-order valence-corrected chi connectivity index (χ0v) is 19.7. The molecular weight excluding hydrogens is 446 g/mol. The smallest absolute Gasteiger partial charge is 0.439 e. The summed E-state index contributed by atoms with van der Waals surface area (Å²) in [6.07, 6.45) is 16.7. The van der Waals surface area contributed by atoms with Crippen LogP contribution in [0.1, 0.15) is 26.3 Å². The Morgan fingerprint density at radius 1 is 0.969 bits per heavy atom. The Labute approximate surface area is 204 Å². The molecule has 1 saturated heterocycles. The number of benzene rings is 1. The van der Waals surface area contributed by atoms with Crippen LogP contribution in [0.15, 0.2) is 30.3 Å². The number of ether oxygens (including phenoxy) is 2. The van der Waals surface area contributed by atoms with E-state index in [0.29, 0.717) is 6.61 Å². The molecule has 2 atom stereocenters. The topological polar surface area (TPSA) is 55.8 Å². The molecule has 1 aromatic carbocycles. The Balaban J connectivity index is 0.000000534. The van der Waals surface area contributed by atoms with Crippen LogP contribution >= 0.6 is 0 Å². The van der Waals surface area contributed by atoms with Crippen molar-refractivity contribution in [3.8, 4) is 0 Å². The summed E-state index contributed by atoms with van der Waals surface area (Å²) in [5, 5.41) is 0. The molecule has 1 aromatic rings. The standard InChI is InChI=1S/C21H24NO4.C5H5.Fe/c1-21(2,3)20(24)22-17(14-25-13-15-9-5-4-6-10-15)19(23)26-18(22)16-11-7-8-12-16;1-2-4-5-3-1;/h4-12,17-18H,13-14H2,1-3H3;1-5H;/q;;+2/t17-,18+;;/m0../s1. The molecule has 3 aliphatic rings. The van der Waals surface area contributed by atoms with Gasteiger partial charge in [-0.05, 0) is 63.4 Å². The van der Waals surface area contributed by atoms with Crippen molar-refractivity contribution >= 4 is 11.9 Å². The fraction of sp³-hybridized carbons (Fsp3) is 0.308. The first kappa shape index (κ1) is 26.9. The van der Waals surface area contributed by atoms with Gasteiger partial charge < -0.3 is 9.47 Å². The van der Waals surface area contributed by atoms with Gasteiger partial charge >= 0.3 is 23.0 Å². The zero-order valence-electron chi connectivity index (χ0n) is 18.6. The number of esters is 1. The maximum Gasteiger partial charge on any atom is 2.00 e. The van der Waals surface area contributed by atoms with Crippen LogP contribution in [0.2, 0.25) is 0 Å². The number of hydrogen-bond acceptors (Lipinski definition) is 4. The second kappa shape index (κ2) is 12.8. The first-order valence-corrected chi connectivity index (χ1v) is 10.4. The fourth-order valence-electron chi connectivity index (χ4n) is 3.27. The van der Waals surface area contributed by atoms with Gasteiger partial charge in [0.2, 0.25) is 5.91 Å². The minimum Gasteiger partial charge on any atom is -0.439 e. The summed E-state index contributed by atoms with van der Waals surface area (Å²) in [6.45, 7) is 5.99. The van der Waals surface area contributed by atoms with E-state index in [4.69, 9.17) is 9.47 Å². The van der Waals surface area contributed by atoms with Crippen LogP contribution in [0.3, 0.4) is 0 Å². The quantitative estimate of drug-likeness (QED) is 0.481. The third-order valence-corrected chi connectivity index (χ3v) is 4.88. The van der Waals surface area contributed by atoms with Crippen LogP contribution in [0.5, 0.6) is 0 Å². The molecule has 32 heavy (non-hydrogen) atoms. The van der Waals surface area contributed by atoms with Gasteiger partial charge in [0.15, 0.2) is 12.3 Å². The maximum atomic E-state index is 13.0. The van der Waals surface area contributed by atoms with E-state index in [-0.39, 0.29) is 29.6 Å². The van der Waals surface area contributed by atoms with Crippen LogP contribution < -0.4 is 0 Å². The van der Waals surface area contributed by atoms with Gasteiger partial charge in [-0.1, -0.05) is 51.1 Å². The molecule has 3 fully saturated rings. The van der Waals surface area contributed by atoms with Gasteiger partial charge in [-0.2, -0.15) is 0 Å². The Morgan fingerprint density at radius 2 is 1.53 bits per heavy atom. The predicted molar refractivity (Wildman–Crippen MR) is 118 cm³/mol. The Kier molecular flexibility index (Phi) is 10.7. The molecule has 0 aromatic heterocycles. The summed E-state index contributed by atoms with van der Waals surface area (Å²) in [6, 6.07) is 8.97. The van der Waals surface area contributed by atoms with E-state index in [0.717, 1.165) is 11.5 Å². The van der Waals surface area contributed by atoms with Crippen molar-refractivity contribution in [2.75, 3.05) is 6.61 Å². The summed E-state index contributed by atoms with van der Waals surface area (Å²) in [7, 11) is 0. The summed E-state index contributed by atoms with van der Waals surface area (Å²) in [5.41, 5.74) is 0.386. The van der Waals surface area contributed by atoms with E-state index in [1.165, 1.54) is 4.90 Å². The van der Waals surface area contributed by atoms with Crippen molar-refractivity contribution in [2.24, 2.45) is 5.41 Å². The van der Waals surface area contributed by atoms with Crippen LogP contribution in [-0.4, -0.2) is 35.7 Å². The molecule has 0 unspecified atom stereocenters. The van der Waals surface area contributed by atoms with Crippen molar-refractivity contribution in [3.63, 3.8) is 0 Å². The van der Waals surface area contributed by atoms with Crippen LogP contribution in [0.25, 0.3) is 0 Å². The van der Waals surface area contributed by atoms with Gasteiger partial charge in [-0.3, -0.25) is 9.69 Å². The fourth-order valence-corrected chi connectivity index (χ4v) is 3.27. The molecule has 6 heteroatoms. The third-order valence-electron chi connectivity index (χ3n) is 4.88. The van der Waals surface area contributed by atoms with E-state index in [9.17, 15) is 9.59 Å². The van der Waals surface area contributed by atoms with E-state index >= 15 is 0 Å². The molecule has 1 heterocycles. The van der Waals surface area contributed by atoms with Crippen LogP contribution in [0, 0.1) is 69.1 Å². The van der Waals surface area contributed by atoms with Crippen molar-refractivity contribution in [2.45, 2.75) is 39.6 Å². The molecule has 1 amide bonds. The van der Waals surface area contributed by atoms with Crippen LogP contribution in [0.4, 0.5) is 0 Å². The molecule has 10 radical (unpaired) electrons. The normalized spacial score (nSPS) is 23.3. The second-order valence-electron chi connectivity index (χ2n) is 8.45. The molecule has 5 nitrogen and oxygen atoms in total. The Hall–Kier alpha value is -1.36. The van der Waals surface area contributed by atoms with Gasteiger partial charge in [0, 0.05) is 11.3 Å². The molecule has 4 rings (SSSR count). The minimum absolute atomic E-state index is 0. The number of carbonyl (C=O) groups is 2. The van der Waals surface area contributed by atoms with E-state index in [1.807, 2.05) is 109 Å². The SMILES string of the molecule is CC(C)(C)C(=O)N1[C@@H]([C]2[CH][CH][CH][CH]2)OC(=O)[C@@H]1COCc1ccccc1.[CH]1[CH][CH][CH][CH]1.[Fe+2]. The van der Waals surface area contributed by atoms with Gasteiger partial charge in [0.25, 0.3) is 0 Å². The summed E-state index contributed by atoms with van der Waals surface area (Å²) in [5.74, 6) is 0.228. The average Bonchev–Trinajstić information content (AvgIpc) is 3.51. The van der Waals surface area contributed by atoms with Crippen molar-refractivity contribution in [1.29, 1.82) is 0 Å². The number of cyclic esters (lactones) is 1. The van der Waals surface area contributed by atoms with Gasteiger partial charge in [0.05, 0.1) is 13.2 Å². The van der Waals surface area contributed by atoms with E-state index in [1.54, 1.807) is 0 Å². The summed E-state index contributed by atoms with van der Waals surface area (Å²) < 4.78 is 11.3. The first-order chi connectivity index (χ1) is 14.9. The van der Waals surface area contributed by atoms with E-state index in [2.05, 4.69) is 0 Å². The molecule has 2 aliphatic carbocycles. The number of rotatable bonds is 5. The number of carbonyl (C=O) groups excluding carboxylic acids is 2. The zero-order chi connectivity index (χ0) is 22.3. The number of nitrogens with zero attached hydrogens (tertiary/aromatic N) is 1. The first-order valence-electron chi connectivity index (χ1n) is 10.4. The van der Waals surface area contributed by atoms with Crippen molar-refractivity contribution in [3.05, 3.63) is 99.6 Å². The molecule has 0 bridgehead atoms. The van der Waals surface area contributed by atoms with E-state index < -0.39 is 23.7 Å². The molecule has 0 N–H and O–H groups in total. The predicted octanol–water partition coefficient (Wildman–Crippen LogP) is 3.75. The third kappa shape index (κ3) is 7.33. The Morgan fingerprint density at radius 3 is 2.06 bits per heavy atom. The summed E-state index contributed by atoms with van der Waals surface area (Å²) >= 11 is 0. The Bertz CT molecular complexity index is 701. The second-order valence-corrected chi connectivity index (χ2v) is 8.45. The summed E-state index contributed by atoms with van der Waals surface area (Å²) in [4.78, 5) is 27.0. The van der Waals surface area contributed by atoms with Crippen molar-refractivity contribution in [1.82, 2.24) is 4.90 Å². The monoisotopic (exact) mass is 475 g/mol. The minimum atomic E-state index is -0.745. The molecule has 1 aliphatic heterocycles. The molecular formula is C26H29FeNO4+2. The molecule has 0 spiro atoms. The number of amides is 1. The molecule has 168 valence electrons. The van der Waals surface area contributed by atoms with Crippen molar-refractivity contribution < 1.29 is 36.1 Å². The molecule has 2 saturated carbocycles. The number of hydrogen-bond donors (Lipinski definition) is 0.